The van der Waals surface area contributed by atoms with Crippen LogP contribution in [0.1, 0.15) is 5.56 Å². The van der Waals surface area contributed by atoms with Crippen molar-refractivity contribution in [1.82, 2.24) is 4.98 Å². The molecule has 0 atom stereocenters. The largest absolute Gasteiger partial charge is 0.478 e. The predicted octanol–water partition coefficient (Wildman–Crippen LogP) is 1.48. The molecule has 1 aromatic heterocycles. The number of nitrogens with zero attached hydrogens (tertiary/aromatic N) is 1. The van der Waals surface area contributed by atoms with Gasteiger partial charge in [-0.25, -0.2) is 9.18 Å². The molecule has 4 heteroatoms. The summed E-state index contributed by atoms with van der Waals surface area (Å²) in [5.41, 5.74) is 0.215. The highest BCUT2D eigenvalue weighted by molar-refractivity contribution is 5.87. The molecule has 0 saturated heterocycles. The van der Waals surface area contributed by atoms with Gasteiger partial charge in [-0.3, -0.25) is 4.98 Å². The van der Waals surface area contributed by atoms with E-state index in [0.29, 0.717) is 6.08 Å². The summed E-state index contributed by atoms with van der Waals surface area (Å²) >= 11 is 0. The van der Waals surface area contributed by atoms with Crippen LogP contribution in [-0.2, 0) is 4.79 Å². The molecule has 0 aliphatic heterocycles. The van der Waals surface area contributed by atoms with Crippen LogP contribution in [0.4, 0.5) is 4.39 Å². The maximum atomic E-state index is 12.8. The van der Waals surface area contributed by atoms with E-state index in [4.69, 9.17) is 5.11 Å². The number of hydrogen-bond acceptors (Lipinski definition) is 2. The second-order valence-electron chi connectivity index (χ2n) is 2.07. The summed E-state index contributed by atoms with van der Waals surface area (Å²) in [5.74, 6) is -2.07. The highest BCUT2D eigenvalue weighted by Crippen LogP contribution is 2.13. The van der Waals surface area contributed by atoms with Gasteiger partial charge in [-0.15, -0.1) is 0 Å². The van der Waals surface area contributed by atoms with Crippen LogP contribution >= 0.6 is 0 Å². The molecule has 3 nitrogen and oxygen atoms in total. The van der Waals surface area contributed by atoms with E-state index < -0.39 is 11.8 Å². The SMILES string of the molecule is O=C(O)/C=C(\F)c1ccncc1. The highest BCUT2D eigenvalue weighted by atomic mass is 19.1. The van der Waals surface area contributed by atoms with Crippen molar-refractivity contribution in [3.63, 3.8) is 0 Å². The molecule has 0 radical (unpaired) electrons. The number of carboxylic acid groups (broad SMARTS) is 1. The lowest BCUT2D eigenvalue weighted by Crippen LogP contribution is -1.89. The third-order valence-corrected chi connectivity index (χ3v) is 1.21. The summed E-state index contributed by atoms with van der Waals surface area (Å²) in [5, 5.41) is 8.21. The van der Waals surface area contributed by atoms with Crippen LogP contribution in [0.2, 0.25) is 0 Å². The first-order valence-corrected chi connectivity index (χ1v) is 3.20. The number of rotatable bonds is 2. The van der Waals surface area contributed by atoms with Gasteiger partial charge in [0.15, 0.2) is 0 Å². The van der Waals surface area contributed by atoms with Gasteiger partial charge in [-0.1, -0.05) is 0 Å². The van der Waals surface area contributed by atoms with Crippen LogP contribution in [0.3, 0.4) is 0 Å². The Labute approximate surface area is 68.2 Å². The van der Waals surface area contributed by atoms with Crippen LogP contribution < -0.4 is 0 Å². The number of aromatic nitrogens is 1. The Morgan fingerprint density at radius 3 is 2.58 bits per heavy atom. The van der Waals surface area contributed by atoms with Crippen LogP contribution in [0.15, 0.2) is 30.6 Å². The van der Waals surface area contributed by atoms with Gasteiger partial charge in [0.25, 0.3) is 0 Å². The van der Waals surface area contributed by atoms with Gasteiger partial charge in [0.1, 0.15) is 5.83 Å². The van der Waals surface area contributed by atoms with Crippen LogP contribution in [-0.4, -0.2) is 16.1 Å². The molecule has 0 aromatic carbocycles. The van der Waals surface area contributed by atoms with Crippen molar-refractivity contribution in [1.29, 1.82) is 0 Å². The third kappa shape index (κ3) is 2.16. The molecule has 0 unspecified atom stereocenters. The molecule has 1 N–H and O–H groups in total. The number of aliphatic carboxylic acids is 1. The molecule has 1 heterocycles. The number of halogens is 1. The zero-order valence-corrected chi connectivity index (χ0v) is 6.07. The van der Waals surface area contributed by atoms with E-state index in [1.165, 1.54) is 24.5 Å². The molecular formula is C8H6FNO2. The van der Waals surface area contributed by atoms with Gasteiger partial charge >= 0.3 is 5.97 Å². The first-order chi connectivity index (χ1) is 5.70. The quantitative estimate of drug-likeness (QED) is 0.678. The van der Waals surface area contributed by atoms with Gasteiger partial charge in [0, 0.05) is 18.0 Å². The van der Waals surface area contributed by atoms with Crippen molar-refractivity contribution in [3.05, 3.63) is 36.2 Å². The molecule has 12 heavy (non-hydrogen) atoms. The predicted molar refractivity (Wildman–Crippen MR) is 41.0 cm³/mol. The maximum Gasteiger partial charge on any atom is 0.331 e. The molecule has 0 saturated carbocycles. The molecule has 62 valence electrons. The highest BCUT2D eigenvalue weighted by Gasteiger charge is 2.00. The molecule has 0 amide bonds. The summed E-state index contributed by atoms with van der Waals surface area (Å²) in [6, 6.07) is 2.80. The van der Waals surface area contributed by atoms with Crippen molar-refractivity contribution >= 4 is 11.8 Å². The Hall–Kier alpha value is -1.71. The van der Waals surface area contributed by atoms with Crippen molar-refractivity contribution in [2.75, 3.05) is 0 Å². The van der Waals surface area contributed by atoms with Crippen molar-refractivity contribution < 1.29 is 14.3 Å². The molecule has 0 aliphatic rings. The van der Waals surface area contributed by atoms with E-state index >= 15 is 0 Å². The molecule has 0 bridgehead atoms. The van der Waals surface area contributed by atoms with Crippen molar-refractivity contribution in [2.24, 2.45) is 0 Å². The third-order valence-electron chi connectivity index (χ3n) is 1.21. The molecule has 0 spiro atoms. The van der Waals surface area contributed by atoms with E-state index in [9.17, 15) is 9.18 Å². The van der Waals surface area contributed by atoms with Gasteiger partial charge in [0.2, 0.25) is 0 Å². The Balaban J connectivity index is 2.93. The fourth-order valence-corrected chi connectivity index (χ4v) is 0.703. The standard InChI is InChI=1S/C8H6FNO2/c9-7(5-8(11)12)6-1-3-10-4-2-6/h1-5H,(H,11,12)/b7-5-. The summed E-state index contributed by atoms with van der Waals surface area (Å²) in [6.07, 6.45) is 3.30. The number of carboxylic acids is 1. The summed E-state index contributed by atoms with van der Waals surface area (Å²) in [6.45, 7) is 0. The average Bonchev–Trinajstić information content (AvgIpc) is 2.05. The van der Waals surface area contributed by atoms with Crippen LogP contribution in [0.25, 0.3) is 5.83 Å². The first-order valence-electron chi connectivity index (χ1n) is 3.20. The normalized spacial score (nSPS) is 11.2. The average molecular weight is 167 g/mol. The topological polar surface area (TPSA) is 50.2 Å². The second-order valence-corrected chi connectivity index (χ2v) is 2.07. The minimum Gasteiger partial charge on any atom is -0.478 e. The number of hydrogen-bond donors (Lipinski definition) is 1. The smallest absolute Gasteiger partial charge is 0.331 e. The Morgan fingerprint density at radius 2 is 2.08 bits per heavy atom. The van der Waals surface area contributed by atoms with E-state index in [0.717, 1.165) is 0 Å². The van der Waals surface area contributed by atoms with E-state index in [-0.39, 0.29) is 5.56 Å². The Bertz CT molecular complexity index is 308. The Kier molecular flexibility index (Phi) is 2.53. The maximum absolute atomic E-state index is 12.8. The summed E-state index contributed by atoms with van der Waals surface area (Å²) in [4.78, 5) is 13.7. The Morgan fingerprint density at radius 1 is 1.50 bits per heavy atom. The van der Waals surface area contributed by atoms with Crippen LogP contribution in [0, 0.1) is 0 Å². The molecular weight excluding hydrogens is 161 g/mol. The fraction of sp³-hybridized carbons (Fsp3) is 0. The number of carbonyl (C=O) groups is 1. The lowest BCUT2D eigenvalue weighted by molar-refractivity contribution is -0.131. The van der Waals surface area contributed by atoms with Gasteiger partial charge < -0.3 is 5.11 Å². The van der Waals surface area contributed by atoms with Gasteiger partial charge in [-0.05, 0) is 12.1 Å². The summed E-state index contributed by atoms with van der Waals surface area (Å²) < 4.78 is 12.8. The van der Waals surface area contributed by atoms with Crippen molar-refractivity contribution in [3.8, 4) is 0 Å². The van der Waals surface area contributed by atoms with Gasteiger partial charge in [0.05, 0.1) is 6.08 Å². The van der Waals surface area contributed by atoms with Crippen LogP contribution in [0.5, 0.6) is 0 Å². The monoisotopic (exact) mass is 167 g/mol. The number of pyridine rings is 1. The lowest BCUT2D eigenvalue weighted by atomic mass is 10.2. The molecule has 0 fully saturated rings. The summed E-state index contributed by atoms with van der Waals surface area (Å²) in [7, 11) is 0. The van der Waals surface area contributed by atoms with E-state index in [1.807, 2.05) is 0 Å². The lowest BCUT2D eigenvalue weighted by Gasteiger charge is -1.93. The van der Waals surface area contributed by atoms with E-state index in [1.54, 1.807) is 0 Å². The first kappa shape index (κ1) is 8.39. The van der Waals surface area contributed by atoms with E-state index in [2.05, 4.69) is 4.98 Å². The fourth-order valence-electron chi connectivity index (χ4n) is 0.703. The molecule has 1 rings (SSSR count). The zero-order chi connectivity index (χ0) is 8.97. The minimum absolute atomic E-state index is 0.215. The van der Waals surface area contributed by atoms with Gasteiger partial charge in [-0.2, -0.15) is 0 Å². The molecule has 1 aromatic rings. The zero-order valence-electron chi connectivity index (χ0n) is 6.07. The molecule has 0 aliphatic carbocycles. The van der Waals surface area contributed by atoms with Crippen molar-refractivity contribution in [2.45, 2.75) is 0 Å². The minimum atomic E-state index is -1.30. The second kappa shape index (κ2) is 3.61.